The van der Waals surface area contributed by atoms with E-state index in [1.165, 1.54) is 18.5 Å². The lowest BCUT2D eigenvalue weighted by atomic mass is 10.2. The first-order valence-electron chi connectivity index (χ1n) is 9.83. The van der Waals surface area contributed by atoms with Crippen molar-refractivity contribution >= 4 is 28.7 Å². The van der Waals surface area contributed by atoms with Gasteiger partial charge in [-0.3, -0.25) is 0 Å². The van der Waals surface area contributed by atoms with Crippen molar-refractivity contribution in [3.05, 3.63) is 60.7 Å². The Bertz CT molecular complexity index is 868. The molecule has 0 spiro atoms. The summed E-state index contributed by atoms with van der Waals surface area (Å²) in [7, 11) is 3.33. The van der Waals surface area contributed by atoms with Gasteiger partial charge in [0.2, 0.25) is 0 Å². The summed E-state index contributed by atoms with van der Waals surface area (Å²) in [5.41, 5.74) is 3.10. The fourth-order valence-corrected chi connectivity index (χ4v) is 3.45. The highest BCUT2D eigenvalue weighted by Crippen LogP contribution is 2.29. The molecule has 4 rings (SSSR count). The van der Waals surface area contributed by atoms with Gasteiger partial charge in [-0.1, -0.05) is 0 Å². The maximum Gasteiger partial charge on any atom is 0.134 e. The number of ether oxygens (including phenoxy) is 2. The van der Waals surface area contributed by atoms with Gasteiger partial charge in [0, 0.05) is 42.3 Å². The molecule has 0 amide bonds. The van der Waals surface area contributed by atoms with Crippen LogP contribution in [0.4, 0.5) is 28.7 Å². The standard InChI is InChI=1S/C23H26N4O2/c1-28-20-9-5-17(6-10-20)24-22-15-19(27-13-3-4-14-27)16-23(26-22)25-18-7-11-21(29-2)12-8-18/h5-12,15-16H,3-4,13-14H2,1-2H3,(H2,24,25,26). The molecule has 1 fully saturated rings. The molecule has 1 aromatic heterocycles. The van der Waals surface area contributed by atoms with E-state index in [0.29, 0.717) is 0 Å². The molecule has 0 saturated carbocycles. The van der Waals surface area contributed by atoms with Gasteiger partial charge in [0.25, 0.3) is 0 Å². The van der Waals surface area contributed by atoms with Crippen molar-refractivity contribution in [2.45, 2.75) is 12.8 Å². The zero-order valence-corrected chi connectivity index (χ0v) is 16.8. The van der Waals surface area contributed by atoms with E-state index >= 15 is 0 Å². The van der Waals surface area contributed by atoms with E-state index in [4.69, 9.17) is 14.5 Å². The van der Waals surface area contributed by atoms with Gasteiger partial charge in [0.15, 0.2) is 0 Å². The van der Waals surface area contributed by atoms with Crippen LogP contribution in [0.3, 0.4) is 0 Å². The smallest absolute Gasteiger partial charge is 0.134 e. The Morgan fingerprint density at radius 3 is 1.59 bits per heavy atom. The van der Waals surface area contributed by atoms with Crippen LogP contribution in [0, 0.1) is 0 Å². The van der Waals surface area contributed by atoms with Crippen LogP contribution in [-0.2, 0) is 0 Å². The number of pyridine rings is 1. The fourth-order valence-electron chi connectivity index (χ4n) is 3.45. The summed E-state index contributed by atoms with van der Waals surface area (Å²) >= 11 is 0. The molecular formula is C23H26N4O2. The second kappa shape index (κ2) is 8.73. The third kappa shape index (κ3) is 4.71. The van der Waals surface area contributed by atoms with Gasteiger partial charge in [0.1, 0.15) is 23.1 Å². The van der Waals surface area contributed by atoms with E-state index in [-0.39, 0.29) is 0 Å². The van der Waals surface area contributed by atoms with Crippen LogP contribution in [0.5, 0.6) is 11.5 Å². The highest BCUT2D eigenvalue weighted by atomic mass is 16.5. The number of anilines is 5. The molecule has 0 atom stereocenters. The largest absolute Gasteiger partial charge is 0.497 e. The van der Waals surface area contributed by atoms with E-state index in [9.17, 15) is 0 Å². The number of benzene rings is 2. The van der Waals surface area contributed by atoms with E-state index in [0.717, 1.165) is 47.6 Å². The van der Waals surface area contributed by atoms with Crippen molar-refractivity contribution < 1.29 is 9.47 Å². The van der Waals surface area contributed by atoms with E-state index in [1.54, 1.807) is 14.2 Å². The predicted molar refractivity (Wildman–Crippen MR) is 118 cm³/mol. The molecular weight excluding hydrogens is 364 g/mol. The summed E-state index contributed by atoms with van der Waals surface area (Å²) in [6, 6.07) is 19.9. The first-order valence-corrected chi connectivity index (χ1v) is 9.83. The fraction of sp³-hybridized carbons (Fsp3) is 0.261. The molecule has 6 heteroatoms. The molecule has 0 aliphatic carbocycles. The van der Waals surface area contributed by atoms with Gasteiger partial charge in [0.05, 0.1) is 14.2 Å². The Morgan fingerprint density at radius 1 is 0.724 bits per heavy atom. The van der Waals surface area contributed by atoms with E-state index in [2.05, 4.69) is 27.7 Å². The van der Waals surface area contributed by atoms with Crippen LogP contribution in [0.1, 0.15) is 12.8 Å². The lowest BCUT2D eigenvalue weighted by Crippen LogP contribution is -2.18. The molecule has 1 saturated heterocycles. The molecule has 0 radical (unpaired) electrons. The van der Waals surface area contributed by atoms with Gasteiger partial charge < -0.3 is 25.0 Å². The number of rotatable bonds is 7. The summed E-state index contributed by atoms with van der Waals surface area (Å²) in [6.45, 7) is 2.15. The zero-order valence-electron chi connectivity index (χ0n) is 16.8. The number of nitrogens with zero attached hydrogens (tertiary/aromatic N) is 2. The minimum atomic E-state index is 0.801. The summed E-state index contributed by atoms with van der Waals surface area (Å²) in [5, 5.41) is 6.82. The summed E-state index contributed by atoms with van der Waals surface area (Å²) in [4.78, 5) is 7.17. The highest BCUT2D eigenvalue weighted by molar-refractivity contribution is 5.69. The normalized spacial score (nSPS) is 13.2. The molecule has 1 aliphatic rings. The van der Waals surface area contributed by atoms with Gasteiger partial charge in [-0.25, -0.2) is 4.98 Å². The second-order valence-electron chi connectivity index (χ2n) is 7.00. The Balaban J connectivity index is 1.60. The van der Waals surface area contributed by atoms with Crippen LogP contribution in [0.15, 0.2) is 60.7 Å². The van der Waals surface area contributed by atoms with Crippen LogP contribution in [0.2, 0.25) is 0 Å². The predicted octanol–water partition coefficient (Wildman–Crippen LogP) is 5.19. The van der Waals surface area contributed by atoms with Crippen molar-refractivity contribution in [3.8, 4) is 11.5 Å². The quantitative estimate of drug-likeness (QED) is 0.579. The second-order valence-corrected chi connectivity index (χ2v) is 7.00. The molecule has 0 unspecified atom stereocenters. The third-order valence-electron chi connectivity index (χ3n) is 5.01. The average Bonchev–Trinajstić information content (AvgIpc) is 3.30. The molecule has 2 heterocycles. The Hall–Kier alpha value is -3.41. The molecule has 6 nitrogen and oxygen atoms in total. The lowest BCUT2D eigenvalue weighted by molar-refractivity contribution is 0.415. The lowest BCUT2D eigenvalue weighted by Gasteiger charge is -2.20. The molecule has 3 aromatic rings. The van der Waals surface area contributed by atoms with Crippen LogP contribution >= 0.6 is 0 Å². The van der Waals surface area contributed by atoms with Crippen LogP contribution < -0.4 is 25.0 Å². The van der Waals surface area contributed by atoms with Crippen molar-refractivity contribution in [1.82, 2.24) is 4.98 Å². The number of hydrogen-bond donors (Lipinski definition) is 2. The Morgan fingerprint density at radius 2 is 1.17 bits per heavy atom. The Labute approximate surface area is 171 Å². The van der Waals surface area contributed by atoms with Crippen LogP contribution in [0.25, 0.3) is 0 Å². The van der Waals surface area contributed by atoms with Gasteiger partial charge in [-0.15, -0.1) is 0 Å². The average molecular weight is 390 g/mol. The van der Waals surface area contributed by atoms with Crippen LogP contribution in [-0.4, -0.2) is 32.3 Å². The monoisotopic (exact) mass is 390 g/mol. The molecule has 1 aliphatic heterocycles. The molecule has 2 N–H and O–H groups in total. The number of aromatic nitrogens is 1. The Kier molecular flexibility index (Phi) is 5.70. The number of methoxy groups -OCH3 is 2. The van der Waals surface area contributed by atoms with Gasteiger partial charge in [-0.05, 0) is 61.4 Å². The third-order valence-corrected chi connectivity index (χ3v) is 5.01. The van der Waals surface area contributed by atoms with Crippen molar-refractivity contribution in [2.75, 3.05) is 42.8 Å². The summed E-state index contributed by atoms with van der Waals surface area (Å²) in [6.07, 6.45) is 2.45. The van der Waals surface area contributed by atoms with Gasteiger partial charge >= 0.3 is 0 Å². The van der Waals surface area contributed by atoms with Crippen molar-refractivity contribution in [2.24, 2.45) is 0 Å². The molecule has 150 valence electrons. The molecule has 0 bridgehead atoms. The summed E-state index contributed by atoms with van der Waals surface area (Å²) in [5.74, 6) is 3.26. The molecule has 29 heavy (non-hydrogen) atoms. The summed E-state index contributed by atoms with van der Waals surface area (Å²) < 4.78 is 10.5. The topological polar surface area (TPSA) is 58.7 Å². The van der Waals surface area contributed by atoms with Crippen molar-refractivity contribution in [1.29, 1.82) is 0 Å². The first kappa shape index (κ1) is 18.9. The minimum absolute atomic E-state index is 0.801. The SMILES string of the molecule is COc1ccc(Nc2cc(N3CCCC3)cc(Nc3ccc(OC)cc3)n2)cc1. The van der Waals surface area contributed by atoms with Crippen molar-refractivity contribution in [3.63, 3.8) is 0 Å². The number of hydrogen-bond acceptors (Lipinski definition) is 6. The molecule has 2 aromatic carbocycles. The maximum absolute atomic E-state index is 5.24. The zero-order chi connectivity index (χ0) is 20.1. The minimum Gasteiger partial charge on any atom is -0.497 e. The maximum atomic E-state index is 5.24. The first-order chi connectivity index (χ1) is 14.2. The number of nitrogens with one attached hydrogen (secondary N) is 2. The highest BCUT2D eigenvalue weighted by Gasteiger charge is 2.15. The van der Waals surface area contributed by atoms with E-state index in [1.807, 2.05) is 48.5 Å². The van der Waals surface area contributed by atoms with E-state index < -0.39 is 0 Å². The van der Waals surface area contributed by atoms with Gasteiger partial charge in [-0.2, -0.15) is 0 Å².